The van der Waals surface area contributed by atoms with Crippen LogP contribution in [0.25, 0.3) is 0 Å². The third-order valence-electron chi connectivity index (χ3n) is 3.52. The number of rotatable bonds is 10. The van der Waals surface area contributed by atoms with Gasteiger partial charge in [0, 0.05) is 23.0 Å². The Bertz CT molecular complexity index is 922. The lowest BCUT2D eigenvalue weighted by molar-refractivity contribution is -0.138. The van der Waals surface area contributed by atoms with Crippen molar-refractivity contribution in [1.82, 2.24) is 0 Å². The minimum Gasteiger partial charge on any atom is -0.493 e. The Labute approximate surface area is 177 Å². The number of carbonyl (C=O) groups is 3. The maximum absolute atomic E-state index is 12.6. The van der Waals surface area contributed by atoms with E-state index in [4.69, 9.17) is 14.2 Å². The lowest BCUT2D eigenvalue weighted by atomic mass is 10.2. The van der Waals surface area contributed by atoms with Gasteiger partial charge in [0.2, 0.25) is 10.9 Å². The Balaban J connectivity index is 1.81. The molecule has 0 aliphatic heterocycles. The first kappa shape index (κ1) is 22.9. The second-order valence-corrected chi connectivity index (χ2v) is 6.80. The van der Waals surface area contributed by atoms with E-state index in [1.54, 1.807) is 24.3 Å². The lowest BCUT2D eigenvalue weighted by Crippen LogP contribution is -2.07. The first-order chi connectivity index (χ1) is 14.4. The first-order valence-electron chi connectivity index (χ1n) is 8.80. The summed E-state index contributed by atoms with van der Waals surface area (Å²) in [5.41, 5.74) is 0.397. The number of thioether (sulfide) groups is 1. The summed E-state index contributed by atoms with van der Waals surface area (Å²) in [4.78, 5) is 35.1. The Kier molecular flexibility index (Phi) is 8.83. The maximum Gasteiger partial charge on any atom is 0.371 e. The first-order valence-corrected chi connectivity index (χ1v) is 9.61. The van der Waals surface area contributed by atoms with E-state index in [1.165, 1.54) is 24.3 Å². The molecule has 0 spiro atoms. The molecule has 0 N–H and O–H groups in total. The quantitative estimate of drug-likeness (QED) is 0.180. The molecule has 0 atom stereocenters. The van der Waals surface area contributed by atoms with Gasteiger partial charge in [-0.3, -0.25) is 4.79 Å². The average Bonchev–Trinajstić information content (AvgIpc) is 2.74. The van der Waals surface area contributed by atoms with Crippen molar-refractivity contribution in [1.29, 1.82) is 0 Å². The van der Waals surface area contributed by atoms with Crippen molar-refractivity contribution in [3.05, 3.63) is 79.2 Å². The van der Waals surface area contributed by atoms with Crippen molar-refractivity contribution in [2.75, 3.05) is 13.2 Å². The third-order valence-corrected chi connectivity index (χ3v) is 4.45. The highest BCUT2D eigenvalue weighted by atomic mass is 32.2. The zero-order valence-corrected chi connectivity index (χ0v) is 16.8. The van der Waals surface area contributed by atoms with Crippen LogP contribution < -0.4 is 9.47 Å². The van der Waals surface area contributed by atoms with E-state index >= 15 is 0 Å². The number of hydrogen-bond donors (Lipinski definition) is 0. The van der Waals surface area contributed by atoms with Crippen LogP contribution in [-0.2, 0) is 14.3 Å². The van der Waals surface area contributed by atoms with Crippen LogP contribution in [0.15, 0.2) is 78.5 Å². The molecule has 6 nitrogen and oxygen atoms in total. The highest BCUT2D eigenvalue weighted by Gasteiger charge is 2.11. The van der Waals surface area contributed by atoms with E-state index in [-0.39, 0.29) is 17.5 Å². The van der Waals surface area contributed by atoms with Gasteiger partial charge in [-0.25, -0.2) is 9.59 Å². The Morgan fingerprint density at radius 3 is 2.20 bits per heavy atom. The summed E-state index contributed by atoms with van der Waals surface area (Å²) in [6.07, 6.45) is 1.64. The minimum atomic E-state index is -1.20. The van der Waals surface area contributed by atoms with Crippen molar-refractivity contribution in [3.63, 3.8) is 0 Å². The molecule has 0 saturated heterocycles. The third kappa shape index (κ3) is 7.56. The van der Waals surface area contributed by atoms with E-state index in [9.17, 15) is 18.8 Å². The Morgan fingerprint density at radius 1 is 0.967 bits per heavy atom. The fourth-order valence-corrected chi connectivity index (χ4v) is 2.81. The van der Waals surface area contributed by atoms with Crippen molar-refractivity contribution in [2.45, 2.75) is 11.3 Å². The predicted molar refractivity (Wildman–Crippen MR) is 110 cm³/mol. The van der Waals surface area contributed by atoms with Gasteiger partial charge in [-0.15, -0.1) is 0 Å². The average molecular weight is 430 g/mol. The molecular formula is C22H19FO6S. The fourth-order valence-electron chi connectivity index (χ4n) is 2.07. The van der Waals surface area contributed by atoms with Crippen LogP contribution in [0, 0.1) is 0 Å². The minimum absolute atomic E-state index is 0.112. The molecule has 0 unspecified atom stereocenters. The summed E-state index contributed by atoms with van der Waals surface area (Å²) in [5.74, 6) is -2.11. The molecule has 0 fully saturated rings. The predicted octanol–water partition coefficient (Wildman–Crippen LogP) is 4.51. The van der Waals surface area contributed by atoms with Gasteiger partial charge in [-0.1, -0.05) is 13.2 Å². The summed E-state index contributed by atoms with van der Waals surface area (Å²) in [6.45, 7) is 6.79. The van der Waals surface area contributed by atoms with Gasteiger partial charge in [-0.05, 0) is 60.3 Å². The van der Waals surface area contributed by atoms with Gasteiger partial charge < -0.3 is 14.2 Å². The molecule has 0 radical (unpaired) electrons. The largest absolute Gasteiger partial charge is 0.493 e. The van der Waals surface area contributed by atoms with Crippen LogP contribution in [0.2, 0.25) is 0 Å². The smallest absolute Gasteiger partial charge is 0.371 e. The van der Waals surface area contributed by atoms with E-state index in [0.717, 1.165) is 22.7 Å². The van der Waals surface area contributed by atoms with E-state index in [2.05, 4.69) is 13.2 Å². The topological polar surface area (TPSA) is 78.9 Å². The molecule has 0 aliphatic carbocycles. The monoisotopic (exact) mass is 430 g/mol. The van der Waals surface area contributed by atoms with E-state index in [1.807, 2.05) is 0 Å². The van der Waals surface area contributed by atoms with Crippen LogP contribution in [0.5, 0.6) is 11.5 Å². The van der Waals surface area contributed by atoms with Crippen LogP contribution in [0.1, 0.15) is 16.8 Å². The fraction of sp³-hybridized carbons (Fsp3) is 0.136. The lowest BCUT2D eigenvalue weighted by Gasteiger charge is -2.07. The summed E-state index contributed by atoms with van der Waals surface area (Å²) in [6, 6.07) is 12.7. The highest BCUT2D eigenvalue weighted by molar-refractivity contribution is 8.14. The molecule has 156 valence electrons. The molecular weight excluding hydrogens is 411 g/mol. The number of esters is 2. The summed E-state index contributed by atoms with van der Waals surface area (Å²) in [5, 5.41) is -0.208. The number of benzene rings is 2. The normalized spacial score (nSPS) is 10.0. The summed E-state index contributed by atoms with van der Waals surface area (Å²) in [7, 11) is 0. The highest BCUT2D eigenvalue weighted by Crippen LogP contribution is 2.26. The van der Waals surface area contributed by atoms with Gasteiger partial charge in [0.15, 0.2) is 0 Å². The van der Waals surface area contributed by atoms with Gasteiger partial charge in [0.25, 0.3) is 0 Å². The molecule has 30 heavy (non-hydrogen) atoms. The number of ether oxygens (including phenoxy) is 3. The van der Waals surface area contributed by atoms with E-state index < -0.39 is 17.8 Å². The zero-order valence-electron chi connectivity index (χ0n) is 16.0. The SMILES string of the molecule is C=CC(=O)OCCCOc1ccc(SC(=O)c2ccc(OC(=O)C(=C)F)cc2)cc1. The zero-order chi connectivity index (χ0) is 21.9. The molecule has 0 aromatic heterocycles. The van der Waals surface area contributed by atoms with Crippen molar-refractivity contribution in [2.24, 2.45) is 0 Å². The van der Waals surface area contributed by atoms with Gasteiger partial charge >= 0.3 is 11.9 Å². The molecule has 2 aromatic rings. The molecule has 2 rings (SSSR count). The second kappa shape index (κ2) is 11.6. The molecule has 8 heteroatoms. The maximum atomic E-state index is 12.6. The Hall–Kier alpha value is -3.39. The molecule has 0 saturated carbocycles. The second-order valence-electron chi connectivity index (χ2n) is 5.75. The van der Waals surface area contributed by atoms with Crippen LogP contribution >= 0.6 is 11.8 Å². The molecule has 0 heterocycles. The van der Waals surface area contributed by atoms with Crippen molar-refractivity contribution in [3.8, 4) is 11.5 Å². The number of halogens is 1. The molecule has 0 bridgehead atoms. The van der Waals surface area contributed by atoms with Crippen molar-refractivity contribution >= 4 is 28.8 Å². The molecule has 2 aromatic carbocycles. The van der Waals surface area contributed by atoms with Crippen LogP contribution in [-0.4, -0.2) is 30.3 Å². The standard InChI is InChI=1S/C22H19FO6S/c1-3-20(24)28-14-4-13-27-17-9-11-19(12-10-17)30-22(26)16-5-7-18(8-6-16)29-21(25)15(2)23/h3,5-12H,1-2,4,13-14H2. The van der Waals surface area contributed by atoms with Gasteiger partial charge in [0.1, 0.15) is 11.5 Å². The van der Waals surface area contributed by atoms with Crippen LogP contribution in [0.4, 0.5) is 4.39 Å². The van der Waals surface area contributed by atoms with Crippen molar-refractivity contribution < 1.29 is 33.0 Å². The summed E-state index contributed by atoms with van der Waals surface area (Å²) >= 11 is 1.02. The van der Waals surface area contributed by atoms with E-state index in [0.29, 0.717) is 24.3 Å². The van der Waals surface area contributed by atoms with Gasteiger partial charge in [0.05, 0.1) is 13.2 Å². The van der Waals surface area contributed by atoms with Crippen LogP contribution in [0.3, 0.4) is 0 Å². The Morgan fingerprint density at radius 2 is 1.60 bits per heavy atom. The molecule has 0 amide bonds. The van der Waals surface area contributed by atoms with Gasteiger partial charge in [-0.2, -0.15) is 4.39 Å². The molecule has 0 aliphatic rings. The number of carbonyl (C=O) groups excluding carboxylic acids is 3. The number of hydrogen-bond acceptors (Lipinski definition) is 7. The summed E-state index contributed by atoms with van der Waals surface area (Å²) < 4.78 is 27.8.